The zero-order chi connectivity index (χ0) is 20.6. The fourth-order valence-corrected chi connectivity index (χ4v) is 3.34. The highest BCUT2D eigenvalue weighted by Gasteiger charge is 2.27. The molecule has 0 bridgehead atoms. The summed E-state index contributed by atoms with van der Waals surface area (Å²) in [5, 5.41) is 2.99. The lowest BCUT2D eigenvalue weighted by Gasteiger charge is -2.31. The molecule has 3 rings (SSSR count). The van der Waals surface area contributed by atoms with Gasteiger partial charge >= 0.3 is 0 Å². The van der Waals surface area contributed by atoms with E-state index < -0.39 is 0 Å². The maximum absolute atomic E-state index is 12.4. The summed E-state index contributed by atoms with van der Waals surface area (Å²) in [6.07, 6.45) is 1.34. The molecule has 0 saturated carbocycles. The number of benzene rings is 2. The zero-order valence-electron chi connectivity index (χ0n) is 17.0. The number of nitrogens with zero attached hydrogens (tertiary/aromatic N) is 1. The first-order chi connectivity index (χ1) is 14.0. The Morgan fingerprint density at radius 1 is 1.00 bits per heavy atom. The third kappa shape index (κ3) is 5.98. The second-order valence-electron chi connectivity index (χ2n) is 7.32. The number of hydrogen-bond donors (Lipinski definition) is 1. The van der Waals surface area contributed by atoms with Crippen LogP contribution in [0.1, 0.15) is 24.0 Å². The van der Waals surface area contributed by atoms with E-state index in [0.717, 1.165) is 16.9 Å². The third-order valence-electron chi connectivity index (χ3n) is 5.23. The molecule has 2 amide bonds. The molecular formula is C23H28N2O4. The number of aryl methyl sites for hydroxylation is 1. The topological polar surface area (TPSA) is 67.9 Å². The fraction of sp³-hybridized carbons (Fsp3) is 0.391. The van der Waals surface area contributed by atoms with Crippen LogP contribution < -0.4 is 14.8 Å². The van der Waals surface area contributed by atoms with E-state index in [1.807, 2.05) is 55.5 Å². The van der Waals surface area contributed by atoms with E-state index in [1.165, 1.54) is 0 Å². The summed E-state index contributed by atoms with van der Waals surface area (Å²) in [6, 6.07) is 15.3. The van der Waals surface area contributed by atoms with Gasteiger partial charge in [-0.05, 0) is 49.6 Å². The molecule has 6 nitrogen and oxygen atoms in total. The molecule has 29 heavy (non-hydrogen) atoms. The molecule has 0 radical (unpaired) electrons. The Kier molecular flexibility index (Phi) is 7.11. The predicted molar refractivity (Wildman–Crippen MR) is 111 cm³/mol. The van der Waals surface area contributed by atoms with Crippen LogP contribution in [0.15, 0.2) is 48.5 Å². The molecule has 0 unspecified atom stereocenters. The molecule has 2 aromatic carbocycles. The van der Waals surface area contributed by atoms with Gasteiger partial charge in [-0.2, -0.15) is 0 Å². The predicted octanol–water partition coefficient (Wildman–Crippen LogP) is 2.94. The van der Waals surface area contributed by atoms with E-state index in [1.54, 1.807) is 12.0 Å². The van der Waals surface area contributed by atoms with Crippen molar-refractivity contribution in [3.8, 4) is 11.5 Å². The summed E-state index contributed by atoms with van der Waals surface area (Å²) in [6.45, 7) is 3.68. The Bertz CT molecular complexity index is 810. The minimum absolute atomic E-state index is 0.0252. The fourth-order valence-electron chi connectivity index (χ4n) is 3.34. The Labute approximate surface area is 171 Å². The molecule has 1 saturated heterocycles. The third-order valence-corrected chi connectivity index (χ3v) is 5.23. The number of carbonyl (C=O) groups excluding carboxylic acids is 2. The smallest absolute Gasteiger partial charge is 0.260 e. The van der Waals surface area contributed by atoms with Crippen LogP contribution in [-0.2, 0) is 16.1 Å². The molecule has 1 aliphatic heterocycles. The van der Waals surface area contributed by atoms with Crippen molar-refractivity contribution in [1.29, 1.82) is 0 Å². The number of nitrogens with one attached hydrogen (secondary N) is 1. The number of methoxy groups -OCH3 is 1. The van der Waals surface area contributed by atoms with Crippen molar-refractivity contribution in [3.63, 3.8) is 0 Å². The Morgan fingerprint density at radius 2 is 1.62 bits per heavy atom. The number of hydrogen-bond acceptors (Lipinski definition) is 4. The Balaban J connectivity index is 1.38. The first-order valence-electron chi connectivity index (χ1n) is 9.93. The normalized spacial score (nSPS) is 14.3. The van der Waals surface area contributed by atoms with Crippen molar-refractivity contribution >= 4 is 11.8 Å². The van der Waals surface area contributed by atoms with Crippen LogP contribution >= 0.6 is 0 Å². The van der Waals surface area contributed by atoms with E-state index in [2.05, 4.69) is 5.32 Å². The Morgan fingerprint density at radius 3 is 2.24 bits per heavy atom. The number of amides is 2. The zero-order valence-corrected chi connectivity index (χ0v) is 17.0. The van der Waals surface area contributed by atoms with Crippen LogP contribution in [0, 0.1) is 12.8 Å². The molecule has 0 aromatic heterocycles. The monoisotopic (exact) mass is 396 g/mol. The molecule has 2 aromatic rings. The van der Waals surface area contributed by atoms with E-state index in [9.17, 15) is 9.59 Å². The highest BCUT2D eigenvalue weighted by molar-refractivity contribution is 5.80. The number of ether oxygens (including phenoxy) is 2. The SMILES string of the molecule is COc1ccc(CNC(=O)C2CCN(C(=O)COc3ccc(C)cc3)CC2)cc1. The lowest BCUT2D eigenvalue weighted by molar-refractivity contribution is -0.137. The highest BCUT2D eigenvalue weighted by Crippen LogP contribution is 2.19. The number of likely N-dealkylation sites (tertiary alicyclic amines) is 1. The number of piperidine rings is 1. The lowest BCUT2D eigenvalue weighted by atomic mass is 9.96. The minimum Gasteiger partial charge on any atom is -0.497 e. The summed E-state index contributed by atoms with van der Waals surface area (Å²) < 4.78 is 10.7. The maximum atomic E-state index is 12.4. The van der Waals surface area contributed by atoms with Gasteiger partial charge in [-0.3, -0.25) is 9.59 Å². The van der Waals surface area contributed by atoms with Crippen LogP contribution in [0.25, 0.3) is 0 Å². The van der Waals surface area contributed by atoms with Gasteiger partial charge in [0.25, 0.3) is 5.91 Å². The molecule has 1 N–H and O–H groups in total. The van der Waals surface area contributed by atoms with Gasteiger partial charge in [0.2, 0.25) is 5.91 Å². The van der Waals surface area contributed by atoms with Crippen LogP contribution in [-0.4, -0.2) is 43.5 Å². The summed E-state index contributed by atoms with van der Waals surface area (Å²) in [5.74, 6) is 1.43. The van der Waals surface area contributed by atoms with E-state index >= 15 is 0 Å². The highest BCUT2D eigenvalue weighted by atomic mass is 16.5. The maximum Gasteiger partial charge on any atom is 0.260 e. The van der Waals surface area contributed by atoms with Crippen molar-refractivity contribution in [2.75, 3.05) is 26.8 Å². The van der Waals surface area contributed by atoms with Gasteiger partial charge in [-0.1, -0.05) is 29.8 Å². The summed E-state index contributed by atoms with van der Waals surface area (Å²) in [4.78, 5) is 26.6. The van der Waals surface area contributed by atoms with Crippen molar-refractivity contribution in [2.24, 2.45) is 5.92 Å². The number of carbonyl (C=O) groups is 2. The van der Waals surface area contributed by atoms with E-state index in [4.69, 9.17) is 9.47 Å². The standard InChI is InChI=1S/C23H28N2O4/c1-17-3-7-21(8-4-17)29-16-22(26)25-13-11-19(12-14-25)23(27)24-15-18-5-9-20(28-2)10-6-18/h3-10,19H,11-16H2,1-2H3,(H,24,27). The molecule has 6 heteroatoms. The Hall–Kier alpha value is -3.02. The van der Waals surface area contributed by atoms with Crippen molar-refractivity contribution in [3.05, 3.63) is 59.7 Å². The van der Waals surface area contributed by atoms with Gasteiger partial charge in [0.05, 0.1) is 7.11 Å². The average molecular weight is 396 g/mol. The molecule has 0 aliphatic carbocycles. The second kappa shape index (κ2) is 9.96. The molecule has 1 aliphatic rings. The van der Waals surface area contributed by atoms with Gasteiger partial charge < -0.3 is 19.7 Å². The van der Waals surface area contributed by atoms with Gasteiger partial charge in [-0.25, -0.2) is 0 Å². The summed E-state index contributed by atoms with van der Waals surface area (Å²) in [5.41, 5.74) is 2.18. The summed E-state index contributed by atoms with van der Waals surface area (Å²) in [7, 11) is 1.63. The van der Waals surface area contributed by atoms with Crippen molar-refractivity contribution in [1.82, 2.24) is 10.2 Å². The quantitative estimate of drug-likeness (QED) is 0.781. The molecule has 1 heterocycles. The molecule has 0 atom stereocenters. The van der Waals surface area contributed by atoms with Gasteiger partial charge in [0.1, 0.15) is 11.5 Å². The first-order valence-corrected chi connectivity index (χ1v) is 9.93. The second-order valence-corrected chi connectivity index (χ2v) is 7.32. The minimum atomic E-state index is -0.0599. The van der Waals surface area contributed by atoms with Crippen LogP contribution in [0.2, 0.25) is 0 Å². The lowest BCUT2D eigenvalue weighted by Crippen LogP contribution is -2.44. The number of rotatable bonds is 7. The molecule has 154 valence electrons. The van der Waals surface area contributed by atoms with E-state index in [-0.39, 0.29) is 24.3 Å². The van der Waals surface area contributed by atoms with Crippen LogP contribution in [0.3, 0.4) is 0 Å². The van der Waals surface area contributed by atoms with Crippen LogP contribution in [0.4, 0.5) is 0 Å². The molecule has 1 fully saturated rings. The molecule has 0 spiro atoms. The van der Waals surface area contributed by atoms with Crippen molar-refractivity contribution in [2.45, 2.75) is 26.3 Å². The average Bonchev–Trinajstić information content (AvgIpc) is 2.77. The van der Waals surface area contributed by atoms with Gasteiger partial charge in [0.15, 0.2) is 6.61 Å². The largest absolute Gasteiger partial charge is 0.497 e. The first kappa shape index (κ1) is 20.7. The van der Waals surface area contributed by atoms with Gasteiger partial charge in [-0.15, -0.1) is 0 Å². The van der Waals surface area contributed by atoms with E-state index in [0.29, 0.717) is 38.2 Å². The molecular weight excluding hydrogens is 368 g/mol. The summed E-state index contributed by atoms with van der Waals surface area (Å²) >= 11 is 0. The van der Waals surface area contributed by atoms with Crippen molar-refractivity contribution < 1.29 is 19.1 Å². The van der Waals surface area contributed by atoms with Gasteiger partial charge in [0, 0.05) is 25.6 Å². The van der Waals surface area contributed by atoms with Crippen LogP contribution in [0.5, 0.6) is 11.5 Å².